The van der Waals surface area contributed by atoms with E-state index in [2.05, 4.69) is 30.3 Å². The molecule has 0 aromatic heterocycles. The predicted octanol–water partition coefficient (Wildman–Crippen LogP) is 4.47. The zero-order valence-corrected chi connectivity index (χ0v) is 11.5. The van der Waals surface area contributed by atoms with Gasteiger partial charge in [0, 0.05) is 0 Å². The Bertz CT molecular complexity index is 367. The van der Waals surface area contributed by atoms with E-state index in [1.807, 2.05) is 7.11 Å². The standard InChI is InChI=1S/C16H24BO/c1-18-17(13-14-7-3-2-4-8-14)15-9-5-10-16(17)12-6-11-15/h2-4,7-8,15-16H,5-6,9-13H2,1H3/q-1. The minimum atomic E-state index is -0.619. The Morgan fingerprint density at radius 3 is 2.06 bits per heavy atom. The van der Waals surface area contributed by atoms with Gasteiger partial charge in [-0.3, -0.25) is 0 Å². The molecule has 18 heavy (non-hydrogen) atoms. The van der Waals surface area contributed by atoms with Gasteiger partial charge in [0.1, 0.15) is 6.35 Å². The Hall–Kier alpha value is -0.755. The predicted molar refractivity (Wildman–Crippen MR) is 78.1 cm³/mol. The van der Waals surface area contributed by atoms with Gasteiger partial charge >= 0.3 is 0 Å². The average Bonchev–Trinajstić information content (AvgIpc) is 2.39. The molecule has 0 unspecified atom stereocenters. The first-order valence-electron chi connectivity index (χ1n) is 7.62. The zero-order valence-electron chi connectivity index (χ0n) is 11.5. The maximum atomic E-state index is 6.21. The van der Waals surface area contributed by atoms with E-state index >= 15 is 0 Å². The van der Waals surface area contributed by atoms with Crippen molar-refractivity contribution >= 4 is 6.35 Å². The van der Waals surface area contributed by atoms with Crippen LogP contribution in [0, 0.1) is 0 Å². The van der Waals surface area contributed by atoms with Gasteiger partial charge < -0.3 is 4.65 Å². The minimum Gasteiger partial charge on any atom is -0.592 e. The lowest BCUT2D eigenvalue weighted by molar-refractivity contribution is 0.295. The summed E-state index contributed by atoms with van der Waals surface area (Å²) in [6.07, 6.45) is 9.01. The topological polar surface area (TPSA) is 9.23 Å². The number of hydrogen-bond donors (Lipinski definition) is 0. The zero-order chi connectivity index (χ0) is 12.4. The summed E-state index contributed by atoms with van der Waals surface area (Å²) in [5.74, 6) is 1.70. The highest BCUT2D eigenvalue weighted by atomic mass is 16.4. The molecule has 1 aromatic rings. The summed E-state index contributed by atoms with van der Waals surface area (Å²) in [5, 5.41) is 0. The summed E-state index contributed by atoms with van der Waals surface area (Å²) in [6, 6.07) is 11.0. The van der Waals surface area contributed by atoms with E-state index < -0.39 is 6.35 Å². The van der Waals surface area contributed by atoms with Crippen LogP contribution >= 0.6 is 0 Å². The Labute approximate surface area is 111 Å². The van der Waals surface area contributed by atoms with Crippen LogP contribution in [-0.2, 0) is 11.0 Å². The van der Waals surface area contributed by atoms with Gasteiger partial charge in [-0.2, -0.15) is 0 Å². The molecule has 0 aliphatic carbocycles. The van der Waals surface area contributed by atoms with Crippen molar-refractivity contribution in [2.24, 2.45) is 0 Å². The fourth-order valence-electron chi connectivity index (χ4n) is 4.87. The summed E-state index contributed by atoms with van der Waals surface area (Å²) in [6.45, 7) is 0. The molecule has 0 amide bonds. The highest BCUT2D eigenvalue weighted by Gasteiger charge is 2.44. The fraction of sp³-hybridized carbons (Fsp3) is 0.625. The molecule has 1 aromatic carbocycles. The van der Waals surface area contributed by atoms with E-state index in [9.17, 15) is 0 Å². The molecule has 3 rings (SSSR count). The lowest BCUT2D eigenvalue weighted by atomic mass is 9.18. The lowest BCUT2D eigenvalue weighted by Crippen LogP contribution is -2.53. The normalized spacial score (nSPS) is 35.4. The van der Waals surface area contributed by atoms with Gasteiger partial charge in [-0.1, -0.05) is 74.4 Å². The van der Waals surface area contributed by atoms with E-state index in [1.54, 1.807) is 0 Å². The van der Waals surface area contributed by atoms with E-state index in [-0.39, 0.29) is 0 Å². The molecule has 2 aliphatic heterocycles. The maximum absolute atomic E-state index is 6.21. The third-order valence-corrected chi connectivity index (χ3v) is 5.73. The Morgan fingerprint density at radius 1 is 1.00 bits per heavy atom. The van der Waals surface area contributed by atoms with E-state index in [1.165, 1.54) is 50.4 Å². The van der Waals surface area contributed by atoms with Crippen molar-refractivity contribution in [2.75, 3.05) is 7.11 Å². The molecule has 0 spiro atoms. The lowest BCUT2D eigenvalue weighted by Gasteiger charge is -2.58. The van der Waals surface area contributed by atoms with Crippen molar-refractivity contribution in [1.29, 1.82) is 0 Å². The number of fused-ring (bicyclic) bond motifs is 2. The molecule has 98 valence electrons. The molecule has 2 heterocycles. The third kappa shape index (κ3) is 2.01. The van der Waals surface area contributed by atoms with Crippen LogP contribution in [0.25, 0.3) is 0 Å². The van der Waals surface area contributed by atoms with Crippen molar-refractivity contribution < 1.29 is 4.65 Å². The van der Waals surface area contributed by atoms with Crippen LogP contribution in [0.5, 0.6) is 0 Å². The molecule has 0 radical (unpaired) electrons. The second kappa shape index (κ2) is 5.09. The number of rotatable bonds is 3. The monoisotopic (exact) mass is 243 g/mol. The molecular formula is C16H24BO-. The van der Waals surface area contributed by atoms with Crippen LogP contribution < -0.4 is 0 Å². The quantitative estimate of drug-likeness (QED) is 0.712. The van der Waals surface area contributed by atoms with Gasteiger partial charge in [-0.05, 0) is 7.11 Å². The highest BCUT2D eigenvalue weighted by Crippen LogP contribution is 2.54. The first-order valence-corrected chi connectivity index (χ1v) is 7.62. The van der Waals surface area contributed by atoms with Crippen molar-refractivity contribution in [3.63, 3.8) is 0 Å². The van der Waals surface area contributed by atoms with E-state index in [0.717, 1.165) is 11.6 Å². The smallest absolute Gasteiger partial charge is 0.124 e. The summed E-state index contributed by atoms with van der Waals surface area (Å²) in [5.41, 5.74) is 1.47. The summed E-state index contributed by atoms with van der Waals surface area (Å²) in [4.78, 5) is 0. The van der Waals surface area contributed by atoms with E-state index in [4.69, 9.17) is 4.65 Å². The molecule has 1 nitrogen and oxygen atoms in total. The van der Waals surface area contributed by atoms with Crippen molar-refractivity contribution in [2.45, 2.75) is 56.5 Å². The Kier molecular flexibility index (Phi) is 3.47. The highest BCUT2D eigenvalue weighted by molar-refractivity contribution is 6.76. The van der Waals surface area contributed by atoms with Gasteiger partial charge in [-0.25, -0.2) is 0 Å². The van der Waals surface area contributed by atoms with Crippen LogP contribution in [0.3, 0.4) is 0 Å². The summed E-state index contributed by atoms with van der Waals surface area (Å²) in [7, 11) is 1.97. The molecule has 0 atom stereocenters. The molecule has 0 N–H and O–H groups in total. The average molecular weight is 243 g/mol. The van der Waals surface area contributed by atoms with Crippen molar-refractivity contribution in [3.8, 4) is 0 Å². The first-order chi connectivity index (χ1) is 8.85. The molecule has 2 saturated heterocycles. The summed E-state index contributed by atoms with van der Waals surface area (Å²) >= 11 is 0. The van der Waals surface area contributed by atoms with E-state index in [0.29, 0.717) is 0 Å². The third-order valence-electron chi connectivity index (χ3n) is 5.73. The molecule has 0 saturated carbocycles. The molecule has 2 heteroatoms. The molecule has 2 aliphatic rings. The Morgan fingerprint density at radius 2 is 1.56 bits per heavy atom. The number of hydrogen-bond acceptors (Lipinski definition) is 1. The van der Waals surface area contributed by atoms with Gasteiger partial charge in [0.15, 0.2) is 0 Å². The van der Waals surface area contributed by atoms with Crippen LogP contribution in [0.2, 0.25) is 11.6 Å². The summed E-state index contributed by atoms with van der Waals surface area (Å²) < 4.78 is 6.21. The number of benzene rings is 1. The van der Waals surface area contributed by atoms with Crippen molar-refractivity contribution in [1.82, 2.24) is 0 Å². The largest absolute Gasteiger partial charge is 0.592 e. The first kappa shape index (κ1) is 12.3. The van der Waals surface area contributed by atoms with Gasteiger partial charge in [0.2, 0.25) is 0 Å². The van der Waals surface area contributed by atoms with Crippen LogP contribution in [0.15, 0.2) is 30.3 Å². The Balaban J connectivity index is 1.89. The SMILES string of the molecule is CO[B-]1(Cc2ccccc2)C2CCCC1CCC2. The minimum absolute atomic E-state index is 0.619. The molecule has 2 bridgehead atoms. The maximum Gasteiger partial charge on any atom is 0.124 e. The molecule has 2 fully saturated rings. The van der Waals surface area contributed by atoms with Gasteiger partial charge in [0.25, 0.3) is 0 Å². The van der Waals surface area contributed by atoms with Gasteiger partial charge in [-0.15, -0.1) is 18.0 Å². The second-order valence-electron chi connectivity index (χ2n) is 6.41. The molecular weight excluding hydrogens is 219 g/mol. The second-order valence-corrected chi connectivity index (χ2v) is 6.41. The fourth-order valence-corrected chi connectivity index (χ4v) is 4.87. The van der Waals surface area contributed by atoms with Crippen LogP contribution in [0.4, 0.5) is 0 Å². The van der Waals surface area contributed by atoms with Crippen LogP contribution in [0.1, 0.15) is 44.1 Å². The van der Waals surface area contributed by atoms with Crippen molar-refractivity contribution in [3.05, 3.63) is 35.9 Å². The van der Waals surface area contributed by atoms with Gasteiger partial charge in [0.05, 0.1) is 0 Å². The van der Waals surface area contributed by atoms with Crippen LogP contribution in [-0.4, -0.2) is 13.5 Å².